The quantitative estimate of drug-likeness (QED) is 0.869. The lowest BCUT2D eigenvalue weighted by Gasteiger charge is -2.37. The van der Waals surface area contributed by atoms with E-state index in [-0.39, 0.29) is 12.6 Å². The van der Waals surface area contributed by atoms with Gasteiger partial charge in [-0.05, 0) is 31.4 Å². The third-order valence-electron chi connectivity index (χ3n) is 3.45. The zero-order valence-electron chi connectivity index (χ0n) is 9.90. The highest BCUT2D eigenvalue weighted by Gasteiger charge is 2.24. The molecular weight excluding hydrogens is 236 g/mol. The average molecular weight is 255 g/mol. The van der Waals surface area contributed by atoms with Gasteiger partial charge in [0, 0.05) is 29.4 Å². The minimum absolute atomic E-state index is 0.191. The Morgan fingerprint density at radius 3 is 2.94 bits per heavy atom. The second-order valence-electron chi connectivity index (χ2n) is 4.47. The Morgan fingerprint density at radius 1 is 1.41 bits per heavy atom. The first-order chi connectivity index (χ1) is 8.27. The summed E-state index contributed by atoms with van der Waals surface area (Å²) in [5, 5.41) is 10.2. The first-order valence-electron chi connectivity index (χ1n) is 6.13. The van der Waals surface area contributed by atoms with Crippen LogP contribution < -0.4 is 10.6 Å². The molecule has 3 nitrogen and oxygen atoms in total. The van der Waals surface area contributed by atoms with Gasteiger partial charge in [-0.25, -0.2) is 0 Å². The van der Waals surface area contributed by atoms with Crippen molar-refractivity contribution in [3.05, 3.63) is 28.8 Å². The predicted octanol–water partition coefficient (Wildman–Crippen LogP) is 2.15. The van der Waals surface area contributed by atoms with Gasteiger partial charge in [0.05, 0.1) is 12.6 Å². The Kier molecular flexibility index (Phi) is 4.26. The molecule has 94 valence electrons. The molecule has 0 amide bonds. The first kappa shape index (κ1) is 12.7. The van der Waals surface area contributed by atoms with Crippen LogP contribution in [0.25, 0.3) is 0 Å². The van der Waals surface area contributed by atoms with Crippen LogP contribution in [0.2, 0.25) is 5.02 Å². The van der Waals surface area contributed by atoms with Crippen molar-refractivity contribution in [2.45, 2.75) is 31.8 Å². The van der Waals surface area contributed by atoms with E-state index in [9.17, 15) is 5.11 Å². The number of piperidine rings is 1. The number of halogens is 1. The monoisotopic (exact) mass is 254 g/mol. The fourth-order valence-corrected chi connectivity index (χ4v) is 2.77. The molecule has 1 atom stereocenters. The highest BCUT2D eigenvalue weighted by molar-refractivity contribution is 6.31. The molecular formula is C13H19ClN2O. The number of aliphatic hydroxyl groups is 1. The number of anilines is 1. The maximum Gasteiger partial charge on any atom is 0.0635 e. The number of hydrogen-bond donors (Lipinski definition) is 2. The van der Waals surface area contributed by atoms with E-state index in [4.69, 9.17) is 17.3 Å². The third-order valence-corrected chi connectivity index (χ3v) is 3.80. The van der Waals surface area contributed by atoms with Crippen molar-refractivity contribution in [2.75, 3.05) is 18.1 Å². The smallest absolute Gasteiger partial charge is 0.0635 e. The van der Waals surface area contributed by atoms with Crippen molar-refractivity contribution in [1.29, 1.82) is 0 Å². The molecule has 4 heteroatoms. The standard InChI is InChI=1S/C13H19ClN2O/c14-12-5-3-6-13(11(12)8-15)16-7-2-1-4-10(16)9-17/h3,5-6,10,17H,1-2,4,7-9,15H2. The Balaban J connectivity index is 2.34. The molecule has 0 aliphatic carbocycles. The lowest BCUT2D eigenvalue weighted by atomic mass is 10.0. The molecule has 1 aromatic carbocycles. The molecule has 0 spiro atoms. The van der Waals surface area contributed by atoms with Gasteiger partial charge in [0.15, 0.2) is 0 Å². The molecule has 1 unspecified atom stereocenters. The van der Waals surface area contributed by atoms with Crippen LogP contribution >= 0.6 is 11.6 Å². The Morgan fingerprint density at radius 2 is 2.24 bits per heavy atom. The summed E-state index contributed by atoms with van der Waals surface area (Å²) in [6, 6.07) is 6.06. The molecule has 0 saturated carbocycles. The first-order valence-corrected chi connectivity index (χ1v) is 6.50. The Bertz CT molecular complexity index is 384. The predicted molar refractivity (Wildman–Crippen MR) is 71.4 cm³/mol. The van der Waals surface area contributed by atoms with Crippen LogP contribution in [-0.2, 0) is 6.54 Å². The largest absolute Gasteiger partial charge is 0.394 e. The SMILES string of the molecule is NCc1c(Cl)cccc1N1CCCCC1CO. The summed E-state index contributed by atoms with van der Waals surface area (Å²) < 4.78 is 0. The highest BCUT2D eigenvalue weighted by Crippen LogP contribution is 2.31. The summed E-state index contributed by atoms with van der Waals surface area (Å²) in [6.07, 6.45) is 3.38. The van der Waals surface area contributed by atoms with Crippen LogP contribution in [0.1, 0.15) is 24.8 Å². The van der Waals surface area contributed by atoms with Gasteiger partial charge >= 0.3 is 0 Å². The molecule has 1 heterocycles. The average Bonchev–Trinajstić information content (AvgIpc) is 2.38. The summed E-state index contributed by atoms with van der Waals surface area (Å²) in [5.41, 5.74) is 7.83. The molecule has 0 radical (unpaired) electrons. The fraction of sp³-hybridized carbons (Fsp3) is 0.538. The lowest BCUT2D eigenvalue weighted by molar-refractivity contribution is 0.240. The van der Waals surface area contributed by atoms with E-state index in [0.29, 0.717) is 11.6 Å². The minimum atomic E-state index is 0.191. The van der Waals surface area contributed by atoms with E-state index in [1.807, 2.05) is 18.2 Å². The molecule has 1 aliphatic rings. The van der Waals surface area contributed by atoms with Gasteiger partial charge in [-0.1, -0.05) is 17.7 Å². The van der Waals surface area contributed by atoms with Gasteiger partial charge in [0.25, 0.3) is 0 Å². The van der Waals surface area contributed by atoms with E-state index < -0.39 is 0 Å². The van der Waals surface area contributed by atoms with Crippen LogP contribution in [0.15, 0.2) is 18.2 Å². The maximum absolute atomic E-state index is 9.45. The summed E-state index contributed by atoms with van der Waals surface area (Å²) in [4.78, 5) is 2.25. The normalized spacial score (nSPS) is 20.6. The maximum atomic E-state index is 9.45. The number of rotatable bonds is 3. The molecule has 1 fully saturated rings. The van der Waals surface area contributed by atoms with Gasteiger partial charge in [0.2, 0.25) is 0 Å². The molecule has 1 aliphatic heterocycles. The van der Waals surface area contributed by atoms with Gasteiger partial charge < -0.3 is 15.7 Å². The number of benzene rings is 1. The number of aliphatic hydroxyl groups excluding tert-OH is 1. The molecule has 1 aromatic rings. The van der Waals surface area contributed by atoms with Crippen molar-refractivity contribution >= 4 is 17.3 Å². The van der Waals surface area contributed by atoms with Crippen molar-refractivity contribution in [2.24, 2.45) is 5.73 Å². The third kappa shape index (κ3) is 2.57. The van der Waals surface area contributed by atoms with E-state index >= 15 is 0 Å². The van der Waals surface area contributed by atoms with E-state index in [0.717, 1.165) is 30.6 Å². The van der Waals surface area contributed by atoms with Crippen LogP contribution in [0, 0.1) is 0 Å². The van der Waals surface area contributed by atoms with Crippen LogP contribution in [0.3, 0.4) is 0 Å². The summed E-state index contributed by atoms with van der Waals surface area (Å²) in [7, 11) is 0. The molecule has 0 bridgehead atoms. The van der Waals surface area contributed by atoms with Crippen molar-refractivity contribution in [3.8, 4) is 0 Å². The van der Waals surface area contributed by atoms with Gasteiger partial charge in [-0.2, -0.15) is 0 Å². The fourth-order valence-electron chi connectivity index (χ4n) is 2.53. The topological polar surface area (TPSA) is 49.5 Å². The number of hydrogen-bond acceptors (Lipinski definition) is 3. The summed E-state index contributed by atoms with van der Waals surface area (Å²) in [5.74, 6) is 0. The van der Waals surface area contributed by atoms with Crippen molar-refractivity contribution in [3.63, 3.8) is 0 Å². The molecule has 0 aromatic heterocycles. The Labute approximate surface area is 107 Å². The molecule has 3 N–H and O–H groups in total. The zero-order chi connectivity index (χ0) is 12.3. The Hall–Kier alpha value is -0.770. The number of nitrogens with zero attached hydrogens (tertiary/aromatic N) is 1. The van der Waals surface area contributed by atoms with Crippen LogP contribution in [0.5, 0.6) is 0 Å². The lowest BCUT2D eigenvalue weighted by Crippen LogP contribution is -2.42. The van der Waals surface area contributed by atoms with Gasteiger partial charge in [-0.3, -0.25) is 0 Å². The summed E-state index contributed by atoms with van der Waals surface area (Å²) in [6.45, 7) is 1.60. The zero-order valence-corrected chi connectivity index (χ0v) is 10.7. The van der Waals surface area contributed by atoms with E-state index in [2.05, 4.69) is 4.90 Å². The van der Waals surface area contributed by atoms with Gasteiger partial charge in [-0.15, -0.1) is 0 Å². The minimum Gasteiger partial charge on any atom is -0.394 e. The summed E-state index contributed by atoms with van der Waals surface area (Å²) >= 11 is 6.17. The molecule has 2 rings (SSSR count). The van der Waals surface area contributed by atoms with Crippen molar-refractivity contribution < 1.29 is 5.11 Å². The van der Waals surface area contributed by atoms with Crippen LogP contribution in [0.4, 0.5) is 5.69 Å². The number of nitrogens with two attached hydrogens (primary N) is 1. The second-order valence-corrected chi connectivity index (χ2v) is 4.87. The molecule has 1 saturated heterocycles. The molecule has 17 heavy (non-hydrogen) atoms. The van der Waals surface area contributed by atoms with E-state index in [1.165, 1.54) is 6.42 Å². The van der Waals surface area contributed by atoms with E-state index in [1.54, 1.807) is 0 Å². The van der Waals surface area contributed by atoms with Gasteiger partial charge in [0.1, 0.15) is 0 Å². The highest BCUT2D eigenvalue weighted by atomic mass is 35.5. The van der Waals surface area contributed by atoms with Crippen LogP contribution in [-0.4, -0.2) is 24.3 Å². The van der Waals surface area contributed by atoms with Crippen molar-refractivity contribution in [1.82, 2.24) is 0 Å². The second kappa shape index (κ2) is 5.71.